The molecule has 0 bridgehead atoms. The molecule has 102 valence electrons. The van der Waals surface area contributed by atoms with Crippen LogP contribution in [0.1, 0.15) is 4.88 Å². The van der Waals surface area contributed by atoms with E-state index in [2.05, 4.69) is 65.3 Å². The zero-order valence-electron chi connectivity index (χ0n) is 11.2. The first-order valence-electron chi connectivity index (χ1n) is 6.76. The van der Waals surface area contributed by atoms with E-state index in [0.717, 1.165) is 18.8 Å². The van der Waals surface area contributed by atoms with Gasteiger partial charge in [0.2, 0.25) is 0 Å². The van der Waals surface area contributed by atoms with Crippen molar-refractivity contribution in [3.8, 4) is 0 Å². The number of hydrogen-bond acceptors (Lipinski definition) is 3. The van der Waals surface area contributed by atoms with Crippen molar-refractivity contribution in [1.82, 2.24) is 5.32 Å². The van der Waals surface area contributed by atoms with E-state index in [1.54, 1.807) is 0 Å². The number of nitrogens with one attached hydrogen (secondary N) is 1. The molecule has 1 aromatic heterocycles. The summed E-state index contributed by atoms with van der Waals surface area (Å²) >= 11 is 3.72. The van der Waals surface area contributed by atoms with Crippen molar-refractivity contribution in [3.63, 3.8) is 0 Å². The molecule has 3 heteroatoms. The fraction of sp³-hybridized carbons (Fsp3) is 0.176. The molecule has 20 heavy (non-hydrogen) atoms. The summed E-state index contributed by atoms with van der Waals surface area (Å²) in [7, 11) is 0. The second-order valence-electron chi connectivity index (χ2n) is 4.61. The first kappa shape index (κ1) is 13.7. The normalized spacial score (nSPS) is 11.0. The van der Waals surface area contributed by atoms with Crippen LogP contribution in [0.2, 0.25) is 0 Å². The molecule has 0 aliphatic heterocycles. The van der Waals surface area contributed by atoms with Crippen LogP contribution in [0, 0.1) is 0 Å². The Morgan fingerprint density at radius 3 is 2.70 bits per heavy atom. The Kier molecular flexibility index (Phi) is 4.74. The molecule has 2 aromatic carbocycles. The molecule has 0 saturated carbocycles. The molecule has 3 aromatic rings. The number of benzene rings is 2. The molecule has 0 amide bonds. The van der Waals surface area contributed by atoms with Gasteiger partial charge < -0.3 is 5.32 Å². The summed E-state index contributed by atoms with van der Waals surface area (Å²) in [5.74, 6) is 1.10. The van der Waals surface area contributed by atoms with E-state index in [1.165, 1.54) is 20.5 Å². The van der Waals surface area contributed by atoms with Crippen LogP contribution in [0.25, 0.3) is 10.8 Å². The maximum Gasteiger partial charge on any atom is 0.0300 e. The minimum Gasteiger partial charge on any atom is -0.311 e. The van der Waals surface area contributed by atoms with Gasteiger partial charge in [-0.2, -0.15) is 0 Å². The Morgan fingerprint density at radius 2 is 1.85 bits per heavy atom. The summed E-state index contributed by atoms with van der Waals surface area (Å²) < 4.78 is 0. The van der Waals surface area contributed by atoms with Gasteiger partial charge in [-0.05, 0) is 34.4 Å². The first-order chi connectivity index (χ1) is 9.92. The molecule has 0 aliphatic rings. The molecule has 0 saturated heterocycles. The molecular formula is C17H17NS2. The minimum atomic E-state index is 0.982. The molecule has 0 radical (unpaired) electrons. The fourth-order valence-corrected chi connectivity index (χ4v) is 3.65. The Hall–Kier alpha value is -1.29. The second kappa shape index (κ2) is 6.93. The quantitative estimate of drug-likeness (QED) is 0.519. The van der Waals surface area contributed by atoms with E-state index in [9.17, 15) is 0 Å². The Bertz CT molecular complexity index is 662. The second-order valence-corrected chi connectivity index (χ2v) is 6.81. The molecule has 1 heterocycles. The van der Waals surface area contributed by atoms with E-state index in [1.807, 2.05) is 23.1 Å². The van der Waals surface area contributed by atoms with Crippen LogP contribution >= 0.6 is 23.1 Å². The number of thioether (sulfide) groups is 1. The lowest BCUT2D eigenvalue weighted by atomic mass is 10.1. The highest BCUT2D eigenvalue weighted by atomic mass is 32.2. The molecule has 3 rings (SSSR count). The highest BCUT2D eigenvalue weighted by Gasteiger charge is 1.97. The van der Waals surface area contributed by atoms with E-state index in [-0.39, 0.29) is 0 Å². The minimum absolute atomic E-state index is 0.982. The van der Waals surface area contributed by atoms with Gasteiger partial charge in [-0.1, -0.05) is 36.4 Å². The van der Waals surface area contributed by atoms with Crippen LogP contribution in [-0.2, 0) is 6.54 Å². The summed E-state index contributed by atoms with van der Waals surface area (Å²) in [6, 6.07) is 19.5. The van der Waals surface area contributed by atoms with Crippen molar-refractivity contribution in [3.05, 3.63) is 64.9 Å². The zero-order valence-corrected chi connectivity index (χ0v) is 12.8. The van der Waals surface area contributed by atoms with Gasteiger partial charge in [-0.25, -0.2) is 0 Å². The predicted octanol–water partition coefficient (Wildman–Crippen LogP) is 4.78. The fourth-order valence-electron chi connectivity index (χ4n) is 2.12. The molecule has 0 fully saturated rings. The van der Waals surface area contributed by atoms with E-state index in [4.69, 9.17) is 0 Å². The largest absolute Gasteiger partial charge is 0.311 e. The van der Waals surface area contributed by atoms with Crippen LogP contribution in [0.3, 0.4) is 0 Å². The zero-order chi connectivity index (χ0) is 13.6. The molecule has 0 spiro atoms. The van der Waals surface area contributed by atoms with Crippen molar-refractivity contribution in [1.29, 1.82) is 0 Å². The lowest BCUT2D eigenvalue weighted by Crippen LogP contribution is -2.15. The van der Waals surface area contributed by atoms with Crippen LogP contribution < -0.4 is 5.32 Å². The highest BCUT2D eigenvalue weighted by Crippen LogP contribution is 2.23. The molecule has 1 N–H and O–H groups in total. The summed E-state index contributed by atoms with van der Waals surface area (Å²) in [6.45, 7) is 2.02. The van der Waals surface area contributed by atoms with Gasteiger partial charge in [0.15, 0.2) is 0 Å². The average molecular weight is 299 g/mol. The third-order valence-corrected chi connectivity index (χ3v) is 5.02. The maximum atomic E-state index is 3.48. The monoisotopic (exact) mass is 299 g/mol. The van der Waals surface area contributed by atoms with Crippen LogP contribution in [-0.4, -0.2) is 12.3 Å². The highest BCUT2D eigenvalue weighted by molar-refractivity contribution is 7.99. The third kappa shape index (κ3) is 3.63. The number of hydrogen-bond donors (Lipinski definition) is 1. The Balaban J connectivity index is 1.47. The van der Waals surface area contributed by atoms with Crippen LogP contribution in [0.4, 0.5) is 0 Å². The van der Waals surface area contributed by atoms with Gasteiger partial charge in [0.1, 0.15) is 0 Å². The van der Waals surface area contributed by atoms with E-state index in [0.29, 0.717) is 0 Å². The molecule has 0 unspecified atom stereocenters. The van der Waals surface area contributed by atoms with Crippen molar-refractivity contribution in [2.75, 3.05) is 12.3 Å². The predicted molar refractivity (Wildman–Crippen MR) is 90.7 cm³/mol. The standard InChI is InChI=1S/C17H17NS2/c1-2-5-15-12-16(8-7-14(15)4-1)20-11-9-18-13-17-6-3-10-19-17/h1-8,10,12,18H,9,11,13H2. The van der Waals surface area contributed by atoms with Gasteiger partial charge in [-0.15, -0.1) is 23.1 Å². The third-order valence-electron chi connectivity index (χ3n) is 3.15. The Labute approximate surface area is 128 Å². The topological polar surface area (TPSA) is 12.0 Å². The van der Waals surface area contributed by atoms with E-state index >= 15 is 0 Å². The molecular weight excluding hydrogens is 282 g/mol. The summed E-state index contributed by atoms with van der Waals surface area (Å²) in [5.41, 5.74) is 0. The van der Waals surface area contributed by atoms with Crippen LogP contribution in [0.5, 0.6) is 0 Å². The smallest absolute Gasteiger partial charge is 0.0300 e. The first-order valence-corrected chi connectivity index (χ1v) is 8.63. The average Bonchev–Trinajstić information content (AvgIpc) is 3.00. The van der Waals surface area contributed by atoms with E-state index < -0.39 is 0 Å². The lowest BCUT2D eigenvalue weighted by molar-refractivity contribution is 0.741. The van der Waals surface area contributed by atoms with Crippen LogP contribution in [0.15, 0.2) is 64.9 Å². The Morgan fingerprint density at radius 1 is 0.950 bits per heavy atom. The SMILES string of the molecule is c1csc(CNCCSc2ccc3ccccc3c2)c1. The van der Waals surface area contributed by atoms with Gasteiger partial charge in [0, 0.05) is 28.6 Å². The van der Waals surface area contributed by atoms with Gasteiger partial charge >= 0.3 is 0 Å². The maximum absolute atomic E-state index is 3.48. The number of thiophene rings is 1. The lowest BCUT2D eigenvalue weighted by Gasteiger charge is -2.05. The summed E-state index contributed by atoms with van der Waals surface area (Å²) in [6.07, 6.45) is 0. The number of rotatable bonds is 6. The van der Waals surface area contributed by atoms with Gasteiger partial charge in [-0.3, -0.25) is 0 Å². The number of fused-ring (bicyclic) bond motifs is 1. The van der Waals surface area contributed by atoms with Crippen molar-refractivity contribution < 1.29 is 0 Å². The molecule has 0 aliphatic carbocycles. The van der Waals surface area contributed by atoms with Crippen molar-refractivity contribution >= 4 is 33.9 Å². The van der Waals surface area contributed by atoms with Crippen molar-refractivity contribution in [2.24, 2.45) is 0 Å². The van der Waals surface area contributed by atoms with Crippen molar-refractivity contribution in [2.45, 2.75) is 11.4 Å². The summed E-state index contributed by atoms with van der Waals surface area (Å²) in [5, 5.41) is 8.25. The summed E-state index contributed by atoms with van der Waals surface area (Å²) in [4.78, 5) is 2.75. The van der Waals surface area contributed by atoms with Gasteiger partial charge in [0.25, 0.3) is 0 Å². The van der Waals surface area contributed by atoms with Gasteiger partial charge in [0.05, 0.1) is 0 Å². The molecule has 0 atom stereocenters. The molecule has 1 nitrogen and oxygen atoms in total.